The number of methoxy groups -OCH3 is 1. The average molecular weight is 281 g/mol. The number of nitrogens with two attached hydrogens (primary N) is 1. The van der Waals surface area contributed by atoms with Crippen LogP contribution in [0.5, 0.6) is 17.4 Å². The van der Waals surface area contributed by atoms with Gasteiger partial charge in [-0.2, -0.15) is 5.26 Å². The lowest BCUT2D eigenvalue weighted by molar-refractivity contribution is 0.412. The highest BCUT2D eigenvalue weighted by molar-refractivity contribution is 5.58. The molecule has 0 bridgehead atoms. The number of ether oxygens (including phenoxy) is 2. The number of anilines is 1. The van der Waals surface area contributed by atoms with Crippen molar-refractivity contribution in [2.75, 3.05) is 12.8 Å². The molecular weight excluding hydrogens is 266 g/mol. The lowest BCUT2D eigenvalue weighted by Gasteiger charge is -2.11. The maximum atomic E-state index is 9.26. The number of fused-ring (bicyclic) bond motifs is 1. The Hall–Kier alpha value is -2.74. The highest BCUT2D eigenvalue weighted by Gasteiger charge is 2.18. The predicted molar refractivity (Wildman–Crippen MR) is 78.5 cm³/mol. The van der Waals surface area contributed by atoms with Crippen LogP contribution in [0.4, 0.5) is 5.69 Å². The van der Waals surface area contributed by atoms with Crippen LogP contribution in [0.3, 0.4) is 0 Å². The van der Waals surface area contributed by atoms with E-state index in [-0.39, 0.29) is 0 Å². The van der Waals surface area contributed by atoms with Gasteiger partial charge in [-0.15, -0.1) is 0 Å². The molecule has 0 fully saturated rings. The Labute approximate surface area is 122 Å². The van der Waals surface area contributed by atoms with Crippen LogP contribution in [-0.4, -0.2) is 12.1 Å². The largest absolute Gasteiger partial charge is 0.497 e. The summed E-state index contributed by atoms with van der Waals surface area (Å²) in [6.45, 7) is 0. The number of aromatic nitrogens is 1. The molecule has 2 aromatic rings. The van der Waals surface area contributed by atoms with E-state index in [2.05, 4.69) is 11.1 Å². The van der Waals surface area contributed by atoms with Gasteiger partial charge < -0.3 is 15.2 Å². The highest BCUT2D eigenvalue weighted by Crippen LogP contribution is 2.33. The molecule has 106 valence electrons. The van der Waals surface area contributed by atoms with Crippen molar-refractivity contribution in [1.82, 2.24) is 4.98 Å². The van der Waals surface area contributed by atoms with Crippen molar-refractivity contribution in [3.63, 3.8) is 0 Å². The minimum atomic E-state index is 0.315. The lowest BCUT2D eigenvalue weighted by atomic mass is 10.1. The number of rotatable bonds is 3. The zero-order chi connectivity index (χ0) is 14.8. The van der Waals surface area contributed by atoms with Gasteiger partial charge >= 0.3 is 0 Å². The van der Waals surface area contributed by atoms with Crippen LogP contribution in [0.1, 0.15) is 23.2 Å². The standard InChI is InChI=1S/C16H15N3O2/c1-20-12-5-6-15(13(18)8-12)21-16-11(9-17)7-10-3-2-4-14(10)19-16/h5-8H,2-4,18H2,1H3. The molecule has 0 aliphatic heterocycles. The summed E-state index contributed by atoms with van der Waals surface area (Å²) in [4.78, 5) is 4.47. The van der Waals surface area contributed by atoms with Crippen molar-refractivity contribution < 1.29 is 9.47 Å². The van der Waals surface area contributed by atoms with Gasteiger partial charge in [0.25, 0.3) is 0 Å². The number of nitrogens with zero attached hydrogens (tertiary/aromatic N) is 2. The Bertz CT molecular complexity index is 735. The molecule has 0 unspecified atom stereocenters. The van der Waals surface area contributed by atoms with E-state index in [1.807, 2.05) is 6.07 Å². The molecule has 1 aliphatic carbocycles. The first-order valence-electron chi connectivity index (χ1n) is 6.75. The van der Waals surface area contributed by atoms with Gasteiger partial charge in [0.2, 0.25) is 5.88 Å². The first-order chi connectivity index (χ1) is 10.2. The normalized spacial score (nSPS) is 12.6. The molecule has 1 aromatic heterocycles. The van der Waals surface area contributed by atoms with Crippen molar-refractivity contribution in [2.24, 2.45) is 0 Å². The second-order valence-corrected chi connectivity index (χ2v) is 4.92. The highest BCUT2D eigenvalue weighted by atomic mass is 16.5. The molecule has 21 heavy (non-hydrogen) atoms. The van der Waals surface area contributed by atoms with Gasteiger partial charge in [-0.25, -0.2) is 4.98 Å². The number of benzene rings is 1. The molecular formula is C16H15N3O2. The fourth-order valence-electron chi connectivity index (χ4n) is 2.46. The summed E-state index contributed by atoms with van der Waals surface area (Å²) in [5, 5.41) is 9.26. The van der Waals surface area contributed by atoms with Gasteiger partial charge in [-0.05, 0) is 43.0 Å². The van der Waals surface area contributed by atoms with E-state index in [0.29, 0.717) is 28.6 Å². The van der Waals surface area contributed by atoms with Gasteiger partial charge in [0.05, 0.1) is 12.8 Å². The molecule has 1 aliphatic rings. The molecule has 0 saturated heterocycles. The van der Waals surface area contributed by atoms with E-state index < -0.39 is 0 Å². The van der Waals surface area contributed by atoms with Crippen LogP contribution in [0.15, 0.2) is 24.3 Å². The zero-order valence-electron chi connectivity index (χ0n) is 11.7. The van der Waals surface area contributed by atoms with Gasteiger partial charge in [0, 0.05) is 11.8 Å². The third kappa shape index (κ3) is 2.48. The van der Waals surface area contributed by atoms with Crippen molar-refractivity contribution in [2.45, 2.75) is 19.3 Å². The molecule has 0 spiro atoms. The fourth-order valence-corrected chi connectivity index (χ4v) is 2.46. The number of hydrogen-bond donors (Lipinski definition) is 1. The Kier molecular flexibility index (Phi) is 3.36. The molecule has 3 rings (SSSR count). The SMILES string of the molecule is COc1ccc(Oc2nc3c(cc2C#N)CCC3)c(N)c1. The molecule has 1 aromatic carbocycles. The van der Waals surface area contributed by atoms with Gasteiger partial charge in [-0.1, -0.05) is 0 Å². The number of aryl methyl sites for hydroxylation is 2. The summed E-state index contributed by atoms with van der Waals surface area (Å²) < 4.78 is 10.8. The van der Waals surface area contributed by atoms with Crippen molar-refractivity contribution in [1.29, 1.82) is 5.26 Å². The summed E-state index contributed by atoms with van der Waals surface area (Å²) in [6, 6.07) is 9.14. The van der Waals surface area contributed by atoms with Crippen molar-refractivity contribution in [3.8, 4) is 23.4 Å². The molecule has 5 nitrogen and oxygen atoms in total. The third-order valence-electron chi connectivity index (χ3n) is 3.56. The summed E-state index contributed by atoms with van der Waals surface area (Å²) in [5.41, 5.74) is 8.96. The summed E-state index contributed by atoms with van der Waals surface area (Å²) >= 11 is 0. The summed E-state index contributed by atoms with van der Waals surface area (Å²) in [5.74, 6) is 1.44. The Morgan fingerprint density at radius 2 is 2.14 bits per heavy atom. The molecule has 2 N–H and O–H groups in total. The van der Waals surface area contributed by atoms with Gasteiger partial charge in [-0.3, -0.25) is 0 Å². The topological polar surface area (TPSA) is 81.2 Å². The van der Waals surface area contributed by atoms with E-state index in [0.717, 1.165) is 30.5 Å². The quantitative estimate of drug-likeness (QED) is 0.875. The lowest BCUT2D eigenvalue weighted by Crippen LogP contribution is -1.99. The number of nitriles is 1. The van der Waals surface area contributed by atoms with Gasteiger partial charge in [0.1, 0.15) is 17.4 Å². The van der Waals surface area contributed by atoms with Crippen LogP contribution >= 0.6 is 0 Å². The maximum absolute atomic E-state index is 9.26. The van der Waals surface area contributed by atoms with E-state index in [9.17, 15) is 5.26 Å². The number of pyridine rings is 1. The first kappa shape index (κ1) is 13.3. The van der Waals surface area contributed by atoms with E-state index in [4.69, 9.17) is 15.2 Å². The Morgan fingerprint density at radius 1 is 1.29 bits per heavy atom. The van der Waals surface area contributed by atoms with Crippen LogP contribution in [0.2, 0.25) is 0 Å². The number of hydrogen-bond acceptors (Lipinski definition) is 5. The second kappa shape index (κ2) is 5.33. The predicted octanol–water partition coefficient (Wildman–Crippen LogP) is 2.83. The van der Waals surface area contributed by atoms with Crippen LogP contribution in [-0.2, 0) is 12.8 Å². The maximum Gasteiger partial charge on any atom is 0.237 e. The summed E-state index contributed by atoms with van der Waals surface area (Å²) in [7, 11) is 1.57. The first-order valence-corrected chi connectivity index (χ1v) is 6.75. The zero-order valence-corrected chi connectivity index (χ0v) is 11.7. The second-order valence-electron chi connectivity index (χ2n) is 4.92. The van der Waals surface area contributed by atoms with Crippen LogP contribution in [0, 0.1) is 11.3 Å². The molecule has 0 saturated carbocycles. The molecule has 0 atom stereocenters. The van der Waals surface area contributed by atoms with Crippen molar-refractivity contribution in [3.05, 3.63) is 41.1 Å². The Morgan fingerprint density at radius 3 is 2.86 bits per heavy atom. The number of nitrogen functional groups attached to an aromatic ring is 1. The minimum Gasteiger partial charge on any atom is -0.497 e. The van der Waals surface area contributed by atoms with Crippen LogP contribution in [0.25, 0.3) is 0 Å². The average Bonchev–Trinajstić information content (AvgIpc) is 2.95. The minimum absolute atomic E-state index is 0.315. The molecule has 0 radical (unpaired) electrons. The third-order valence-corrected chi connectivity index (χ3v) is 3.56. The summed E-state index contributed by atoms with van der Waals surface area (Å²) in [6.07, 6.45) is 2.97. The smallest absolute Gasteiger partial charge is 0.237 e. The molecule has 5 heteroatoms. The monoisotopic (exact) mass is 281 g/mol. The fraction of sp³-hybridized carbons (Fsp3) is 0.250. The van der Waals surface area contributed by atoms with E-state index in [1.54, 1.807) is 25.3 Å². The van der Waals surface area contributed by atoms with Crippen molar-refractivity contribution >= 4 is 5.69 Å². The van der Waals surface area contributed by atoms with E-state index >= 15 is 0 Å². The molecule has 1 heterocycles. The Balaban J connectivity index is 1.97. The van der Waals surface area contributed by atoms with Crippen LogP contribution < -0.4 is 15.2 Å². The van der Waals surface area contributed by atoms with E-state index in [1.165, 1.54) is 0 Å². The molecule has 0 amide bonds. The van der Waals surface area contributed by atoms with Gasteiger partial charge in [0.15, 0.2) is 5.75 Å².